The zero-order chi connectivity index (χ0) is 19.1. The lowest BCUT2D eigenvalue weighted by molar-refractivity contribution is 0.0729. The summed E-state index contributed by atoms with van der Waals surface area (Å²) in [6, 6.07) is 11.0. The molecule has 0 atom stereocenters. The van der Waals surface area contributed by atoms with Crippen LogP contribution < -0.4 is 14.8 Å². The number of hydrogen-bond donors (Lipinski definition) is 1. The molecule has 0 saturated carbocycles. The Morgan fingerprint density at radius 1 is 1.18 bits per heavy atom. The van der Waals surface area contributed by atoms with E-state index in [9.17, 15) is 9.18 Å². The van der Waals surface area contributed by atoms with E-state index in [-0.39, 0.29) is 18.4 Å². The van der Waals surface area contributed by atoms with E-state index in [1.54, 1.807) is 10.3 Å². The van der Waals surface area contributed by atoms with Crippen LogP contribution in [0.2, 0.25) is 0 Å². The van der Waals surface area contributed by atoms with Crippen LogP contribution in [0.5, 0.6) is 11.5 Å². The second-order valence-electron chi connectivity index (χ2n) is 6.59. The minimum atomic E-state index is -0.472. The number of rotatable bonds is 3. The molecule has 2 aliphatic rings. The Morgan fingerprint density at radius 3 is 2.82 bits per heavy atom. The average molecular weight is 397 g/mol. The van der Waals surface area contributed by atoms with E-state index in [1.165, 1.54) is 29.0 Å². The van der Waals surface area contributed by atoms with Gasteiger partial charge in [-0.15, -0.1) is 11.3 Å². The van der Waals surface area contributed by atoms with E-state index >= 15 is 0 Å². The number of carbonyl (C=O) groups is 1. The smallest absolute Gasteiger partial charge is 0.273 e. The topological polar surface area (TPSA) is 63.7 Å². The minimum absolute atomic E-state index is 0.0765. The second kappa shape index (κ2) is 6.79. The molecule has 0 fully saturated rings. The quantitative estimate of drug-likeness (QED) is 0.725. The first-order valence-electron chi connectivity index (χ1n) is 8.85. The number of hydrogen-bond acceptors (Lipinski definition) is 6. The highest BCUT2D eigenvalue weighted by Crippen LogP contribution is 2.37. The number of halogens is 1. The molecule has 0 radical (unpaired) electrons. The van der Waals surface area contributed by atoms with Gasteiger partial charge in [0.1, 0.15) is 5.69 Å². The molecule has 28 heavy (non-hydrogen) atoms. The molecule has 3 heterocycles. The molecule has 0 aliphatic carbocycles. The number of benzene rings is 2. The van der Waals surface area contributed by atoms with Gasteiger partial charge >= 0.3 is 0 Å². The number of thiazole rings is 1. The van der Waals surface area contributed by atoms with E-state index in [0.29, 0.717) is 35.4 Å². The van der Waals surface area contributed by atoms with Crippen LogP contribution in [0.1, 0.15) is 21.6 Å². The first kappa shape index (κ1) is 17.0. The normalized spacial score (nSPS) is 14.7. The molecule has 3 aromatic rings. The molecule has 142 valence electrons. The van der Waals surface area contributed by atoms with Crippen molar-refractivity contribution in [1.82, 2.24) is 9.88 Å². The van der Waals surface area contributed by atoms with Crippen molar-refractivity contribution >= 4 is 28.1 Å². The highest BCUT2D eigenvalue weighted by molar-refractivity contribution is 7.14. The highest BCUT2D eigenvalue weighted by Gasteiger charge is 2.24. The van der Waals surface area contributed by atoms with Crippen molar-refractivity contribution in [3.63, 3.8) is 0 Å². The van der Waals surface area contributed by atoms with E-state index in [1.807, 2.05) is 18.2 Å². The third-order valence-electron chi connectivity index (χ3n) is 4.85. The molecule has 0 bridgehead atoms. The Kier molecular flexibility index (Phi) is 4.12. The molecule has 1 amide bonds. The molecular formula is C20H16FN3O3S. The first-order valence-corrected chi connectivity index (χ1v) is 9.73. The van der Waals surface area contributed by atoms with Crippen molar-refractivity contribution in [1.29, 1.82) is 0 Å². The predicted octanol–water partition coefficient (Wildman–Crippen LogP) is 3.95. The van der Waals surface area contributed by atoms with E-state index in [2.05, 4.69) is 16.4 Å². The minimum Gasteiger partial charge on any atom is -0.454 e. The number of fused-ring (bicyclic) bond motifs is 2. The summed E-state index contributed by atoms with van der Waals surface area (Å²) in [6.07, 6.45) is 0.833. The number of nitrogens with one attached hydrogen (secondary N) is 1. The van der Waals surface area contributed by atoms with Crippen LogP contribution in [0.25, 0.3) is 0 Å². The Morgan fingerprint density at radius 2 is 1.96 bits per heavy atom. The van der Waals surface area contributed by atoms with E-state index in [0.717, 1.165) is 12.0 Å². The summed E-state index contributed by atoms with van der Waals surface area (Å²) in [5.74, 6) is 0.261. The summed E-state index contributed by atoms with van der Waals surface area (Å²) in [5.41, 5.74) is 3.03. The van der Waals surface area contributed by atoms with Gasteiger partial charge in [-0.2, -0.15) is 0 Å². The van der Waals surface area contributed by atoms with Crippen molar-refractivity contribution in [3.05, 3.63) is 64.4 Å². The number of nitrogens with zero attached hydrogens (tertiary/aromatic N) is 2. The fourth-order valence-electron chi connectivity index (χ4n) is 3.39. The molecular weight excluding hydrogens is 381 g/mol. The van der Waals surface area contributed by atoms with Gasteiger partial charge in [0, 0.05) is 30.6 Å². The molecule has 0 unspecified atom stereocenters. The second-order valence-corrected chi connectivity index (χ2v) is 7.45. The average Bonchev–Trinajstić information content (AvgIpc) is 3.36. The molecule has 2 aliphatic heterocycles. The summed E-state index contributed by atoms with van der Waals surface area (Å²) in [5, 5.41) is 5.06. The van der Waals surface area contributed by atoms with Crippen LogP contribution in [0.3, 0.4) is 0 Å². The lowest BCUT2D eigenvalue weighted by Gasteiger charge is -2.28. The van der Waals surface area contributed by atoms with E-state index in [4.69, 9.17) is 9.47 Å². The van der Waals surface area contributed by atoms with Gasteiger partial charge in [0.2, 0.25) is 6.79 Å². The van der Waals surface area contributed by atoms with Gasteiger partial charge < -0.3 is 19.7 Å². The fraction of sp³-hybridized carbons (Fsp3) is 0.200. The van der Waals surface area contributed by atoms with Crippen LogP contribution in [0, 0.1) is 5.82 Å². The molecule has 0 saturated heterocycles. The van der Waals surface area contributed by atoms with Crippen LogP contribution in [0.4, 0.5) is 15.2 Å². The summed E-state index contributed by atoms with van der Waals surface area (Å²) in [4.78, 5) is 19.0. The summed E-state index contributed by atoms with van der Waals surface area (Å²) < 4.78 is 24.7. The lowest BCUT2D eigenvalue weighted by atomic mass is 10.00. The lowest BCUT2D eigenvalue weighted by Crippen LogP contribution is -2.36. The van der Waals surface area contributed by atoms with E-state index < -0.39 is 5.82 Å². The van der Waals surface area contributed by atoms with Gasteiger partial charge in [-0.05, 0) is 17.5 Å². The SMILES string of the molecule is O=C(c1csc(Nc2cc3c(cc2F)OCO3)n1)N1CCc2ccccc2C1. The maximum Gasteiger partial charge on any atom is 0.273 e. The maximum atomic E-state index is 14.2. The largest absolute Gasteiger partial charge is 0.454 e. The van der Waals surface area contributed by atoms with Crippen LogP contribution in [0.15, 0.2) is 41.8 Å². The van der Waals surface area contributed by atoms with Crippen molar-refractivity contribution in [2.45, 2.75) is 13.0 Å². The molecule has 5 rings (SSSR count). The van der Waals surface area contributed by atoms with Gasteiger partial charge in [-0.1, -0.05) is 24.3 Å². The summed E-state index contributed by atoms with van der Waals surface area (Å²) in [6.45, 7) is 1.31. The number of aromatic nitrogens is 1. The summed E-state index contributed by atoms with van der Waals surface area (Å²) in [7, 11) is 0. The molecule has 0 spiro atoms. The fourth-order valence-corrected chi connectivity index (χ4v) is 4.09. The third-order valence-corrected chi connectivity index (χ3v) is 5.60. The predicted molar refractivity (Wildman–Crippen MR) is 103 cm³/mol. The summed E-state index contributed by atoms with van der Waals surface area (Å²) >= 11 is 1.26. The Hall–Kier alpha value is -3.13. The number of anilines is 2. The Balaban J connectivity index is 1.32. The maximum absolute atomic E-state index is 14.2. The first-order chi connectivity index (χ1) is 13.7. The van der Waals surface area contributed by atoms with Gasteiger partial charge in [0.25, 0.3) is 5.91 Å². The number of ether oxygens (including phenoxy) is 2. The van der Waals surface area contributed by atoms with Crippen molar-refractivity contribution in [3.8, 4) is 11.5 Å². The van der Waals surface area contributed by atoms with Crippen molar-refractivity contribution in [2.24, 2.45) is 0 Å². The van der Waals surface area contributed by atoms with Crippen LogP contribution >= 0.6 is 11.3 Å². The third kappa shape index (κ3) is 3.05. The number of carbonyl (C=O) groups excluding carboxylic acids is 1. The Labute approximate surface area is 164 Å². The van der Waals surface area contributed by atoms with Crippen molar-refractivity contribution in [2.75, 3.05) is 18.7 Å². The molecule has 1 N–H and O–H groups in total. The van der Waals surface area contributed by atoms with Gasteiger partial charge in [-0.25, -0.2) is 9.37 Å². The Bertz CT molecular complexity index is 1070. The van der Waals surface area contributed by atoms with Crippen molar-refractivity contribution < 1.29 is 18.7 Å². The molecule has 1 aromatic heterocycles. The highest BCUT2D eigenvalue weighted by atomic mass is 32.1. The van der Waals surface area contributed by atoms with Gasteiger partial charge in [-0.3, -0.25) is 4.79 Å². The standard InChI is InChI=1S/C20H16FN3O3S/c21-14-7-17-18(27-11-26-17)8-15(14)22-20-23-16(10-28-20)19(25)24-6-5-12-3-1-2-4-13(12)9-24/h1-4,7-8,10H,5-6,9,11H2,(H,22,23). The van der Waals surface area contributed by atoms with Crippen LogP contribution in [-0.4, -0.2) is 29.1 Å². The van der Waals surface area contributed by atoms with Crippen LogP contribution in [-0.2, 0) is 13.0 Å². The molecule has 2 aromatic carbocycles. The molecule has 6 nitrogen and oxygen atoms in total. The zero-order valence-corrected chi connectivity index (χ0v) is 15.6. The zero-order valence-electron chi connectivity index (χ0n) is 14.8. The monoisotopic (exact) mass is 397 g/mol. The molecule has 8 heteroatoms. The number of amides is 1. The van der Waals surface area contributed by atoms with Gasteiger partial charge in [0.15, 0.2) is 22.4 Å². The van der Waals surface area contributed by atoms with Gasteiger partial charge in [0.05, 0.1) is 5.69 Å².